The molecule has 2 aromatic carbocycles. The van der Waals surface area contributed by atoms with E-state index in [1.807, 2.05) is 41.6 Å². The second-order valence-corrected chi connectivity index (χ2v) is 8.17. The van der Waals surface area contributed by atoms with Crippen molar-refractivity contribution in [3.8, 4) is 11.5 Å². The average Bonchev–Trinajstić information content (AvgIpc) is 3.01. The number of amides is 4. The van der Waals surface area contributed by atoms with E-state index in [0.717, 1.165) is 5.56 Å². The van der Waals surface area contributed by atoms with Gasteiger partial charge in [0.25, 0.3) is 11.8 Å². The summed E-state index contributed by atoms with van der Waals surface area (Å²) < 4.78 is 11.6. The van der Waals surface area contributed by atoms with E-state index in [2.05, 4.69) is 10.6 Å². The minimum atomic E-state index is -1.30. The van der Waals surface area contributed by atoms with Gasteiger partial charge in [0.2, 0.25) is 0 Å². The van der Waals surface area contributed by atoms with Gasteiger partial charge in [-0.2, -0.15) is 0 Å². The van der Waals surface area contributed by atoms with Crippen molar-refractivity contribution < 1.29 is 33.8 Å². The molecule has 172 valence electrons. The molecule has 0 unspecified atom stereocenters. The summed E-state index contributed by atoms with van der Waals surface area (Å²) in [6.07, 6.45) is 1.40. The highest BCUT2D eigenvalue weighted by atomic mass is 127. The van der Waals surface area contributed by atoms with E-state index < -0.39 is 24.5 Å². The smallest absolute Gasteiger partial charge is 0.329 e. The molecule has 3 N–H and O–H groups in total. The number of anilines is 1. The number of carbonyl (C=O) groups excluding carboxylic acids is 3. The van der Waals surface area contributed by atoms with Gasteiger partial charge in [-0.05, 0) is 65.4 Å². The molecule has 11 heteroatoms. The number of rotatable bonds is 8. The Morgan fingerprint density at radius 3 is 2.55 bits per heavy atom. The number of urea groups is 1. The van der Waals surface area contributed by atoms with Gasteiger partial charge in [-0.3, -0.25) is 14.4 Å². The molecule has 2 aromatic rings. The van der Waals surface area contributed by atoms with Crippen molar-refractivity contribution in [3.63, 3.8) is 0 Å². The lowest BCUT2D eigenvalue weighted by molar-refractivity contribution is -0.140. The SMILES string of the molecule is COc1cc(/C=C2/NC(=O)N(CC(=O)O)C2=O)cc(I)c1OCC(=O)Nc1ccc(C)cc1. The van der Waals surface area contributed by atoms with Crippen LogP contribution in [0.3, 0.4) is 0 Å². The molecule has 1 fully saturated rings. The summed E-state index contributed by atoms with van der Waals surface area (Å²) in [4.78, 5) is 47.9. The molecule has 0 atom stereocenters. The van der Waals surface area contributed by atoms with Crippen molar-refractivity contribution in [3.05, 3.63) is 56.8 Å². The highest BCUT2D eigenvalue weighted by molar-refractivity contribution is 14.1. The van der Waals surface area contributed by atoms with E-state index in [0.29, 0.717) is 31.2 Å². The van der Waals surface area contributed by atoms with Crippen LogP contribution in [-0.4, -0.2) is 54.1 Å². The van der Waals surface area contributed by atoms with Crippen LogP contribution in [0.4, 0.5) is 10.5 Å². The first-order valence-electron chi connectivity index (χ1n) is 9.61. The first-order valence-corrected chi connectivity index (χ1v) is 10.7. The fourth-order valence-corrected chi connectivity index (χ4v) is 3.73. The van der Waals surface area contributed by atoms with E-state index in [1.54, 1.807) is 24.3 Å². The van der Waals surface area contributed by atoms with Gasteiger partial charge in [0.05, 0.1) is 10.7 Å². The van der Waals surface area contributed by atoms with E-state index in [-0.39, 0.29) is 18.2 Å². The van der Waals surface area contributed by atoms with Crippen LogP contribution < -0.4 is 20.1 Å². The summed E-state index contributed by atoms with van der Waals surface area (Å²) in [5.41, 5.74) is 2.17. The van der Waals surface area contributed by atoms with Crippen molar-refractivity contribution in [2.24, 2.45) is 0 Å². The van der Waals surface area contributed by atoms with Crippen LogP contribution in [0.25, 0.3) is 6.08 Å². The zero-order valence-electron chi connectivity index (χ0n) is 17.7. The largest absolute Gasteiger partial charge is 0.493 e. The molecule has 0 aromatic heterocycles. The second kappa shape index (κ2) is 10.3. The monoisotopic (exact) mass is 565 g/mol. The standard InChI is InChI=1S/C22H20IN3O7/c1-12-3-5-14(6-4-12)24-18(27)11-33-20-15(23)7-13(9-17(20)32-2)8-16-21(30)26(10-19(28)29)22(31)25-16/h3-9H,10-11H2,1-2H3,(H,24,27)(H,25,31)(H,28,29)/b16-8+. The molecule has 0 bridgehead atoms. The number of methoxy groups -OCH3 is 1. The summed E-state index contributed by atoms with van der Waals surface area (Å²) in [6.45, 7) is 0.963. The summed E-state index contributed by atoms with van der Waals surface area (Å²) in [7, 11) is 1.43. The number of ether oxygens (including phenoxy) is 2. The molecular weight excluding hydrogens is 545 g/mol. The Kier molecular flexibility index (Phi) is 7.53. The van der Waals surface area contributed by atoms with Gasteiger partial charge in [0, 0.05) is 5.69 Å². The highest BCUT2D eigenvalue weighted by Gasteiger charge is 2.34. The minimum Gasteiger partial charge on any atom is -0.493 e. The number of halogens is 1. The first kappa shape index (κ1) is 24.0. The van der Waals surface area contributed by atoms with Gasteiger partial charge < -0.3 is 25.2 Å². The number of carboxylic acids is 1. The summed E-state index contributed by atoms with van der Waals surface area (Å²) in [6, 6.07) is 9.78. The topological polar surface area (TPSA) is 134 Å². The zero-order valence-corrected chi connectivity index (χ0v) is 19.8. The Morgan fingerprint density at radius 2 is 1.91 bits per heavy atom. The molecule has 1 aliphatic rings. The Bertz CT molecular complexity index is 1150. The number of nitrogens with one attached hydrogen (secondary N) is 2. The third-order valence-electron chi connectivity index (χ3n) is 4.50. The molecule has 0 aliphatic carbocycles. The Balaban J connectivity index is 1.73. The molecule has 1 heterocycles. The molecule has 0 radical (unpaired) electrons. The molecule has 0 spiro atoms. The second-order valence-electron chi connectivity index (χ2n) is 7.01. The van der Waals surface area contributed by atoms with E-state index >= 15 is 0 Å². The molecule has 0 saturated carbocycles. The predicted molar refractivity (Wildman–Crippen MR) is 127 cm³/mol. The lowest BCUT2D eigenvalue weighted by Gasteiger charge is -2.14. The molecular formula is C22H20IN3O7. The van der Waals surface area contributed by atoms with E-state index in [1.165, 1.54) is 13.2 Å². The van der Waals surface area contributed by atoms with Crippen molar-refractivity contribution in [2.45, 2.75) is 6.92 Å². The maximum Gasteiger partial charge on any atom is 0.329 e. The number of aliphatic carboxylic acids is 1. The number of carbonyl (C=O) groups is 4. The molecule has 1 saturated heterocycles. The van der Waals surface area contributed by atoms with Gasteiger partial charge in [-0.1, -0.05) is 17.7 Å². The molecule has 3 rings (SSSR count). The van der Waals surface area contributed by atoms with Gasteiger partial charge >= 0.3 is 12.0 Å². The summed E-state index contributed by atoms with van der Waals surface area (Å²) >= 11 is 2.00. The fraction of sp³-hybridized carbons (Fsp3) is 0.182. The number of imide groups is 1. The third-order valence-corrected chi connectivity index (χ3v) is 5.30. The summed E-state index contributed by atoms with van der Waals surface area (Å²) in [5.74, 6) is -1.74. The van der Waals surface area contributed by atoms with Crippen LogP contribution in [0.2, 0.25) is 0 Å². The van der Waals surface area contributed by atoms with Gasteiger partial charge in [-0.15, -0.1) is 0 Å². The van der Waals surface area contributed by atoms with Gasteiger partial charge in [0.1, 0.15) is 12.2 Å². The number of benzene rings is 2. The molecule has 4 amide bonds. The number of carboxylic acid groups (broad SMARTS) is 1. The highest BCUT2D eigenvalue weighted by Crippen LogP contribution is 2.35. The maximum absolute atomic E-state index is 12.3. The van der Waals surface area contributed by atoms with Crippen LogP contribution in [0.5, 0.6) is 11.5 Å². The minimum absolute atomic E-state index is 0.0646. The number of nitrogens with zero attached hydrogens (tertiary/aromatic N) is 1. The third kappa shape index (κ3) is 6.00. The fourth-order valence-electron chi connectivity index (χ4n) is 2.95. The molecule has 10 nitrogen and oxygen atoms in total. The lowest BCUT2D eigenvalue weighted by atomic mass is 10.1. The average molecular weight is 565 g/mol. The van der Waals surface area contributed by atoms with Gasteiger partial charge in [0.15, 0.2) is 18.1 Å². The number of hydrogen-bond acceptors (Lipinski definition) is 6. The first-order chi connectivity index (χ1) is 15.7. The van der Waals surface area contributed by atoms with Crippen LogP contribution >= 0.6 is 22.6 Å². The zero-order chi connectivity index (χ0) is 24.1. The van der Waals surface area contributed by atoms with Crippen molar-refractivity contribution in [2.75, 3.05) is 25.6 Å². The van der Waals surface area contributed by atoms with Crippen LogP contribution in [0, 0.1) is 10.5 Å². The maximum atomic E-state index is 12.3. The van der Waals surface area contributed by atoms with Crippen molar-refractivity contribution in [1.29, 1.82) is 0 Å². The van der Waals surface area contributed by atoms with Crippen LogP contribution in [-0.2, 0) is 14.4 Å². The Hall–Kier alpha value is -3.61. The van der Waals surface area contributed by atoms with Crippen molar-refractivity contribution in [1.82, 2.24) is 10.2 Å². The normalized spacial score (nSPS) is 14.3. The Labute approximate surface area is 202 Å². The Morgan fingerprint density at radius 1 is 1.21 bits per heavy atom. The van der Waals surface area contributed by atoms with Crippen molar-refractivity contribution >= 4 is 58.2 Å². The quantitative estimate of drug-likeness (QED) is 0.255. The van der Waals surface area contributed by atoms with Crippen LogP contribution in [0.1, 0.15) is 11.1 Å². The molecule has 33 heavy (non-hydrogen) atoms. The number of aryl methyl sites for hydroxylation is 1. The van der Waals surface area contributed by atoms with E-state index in [9.17, 15) is 19.2 Å². The number of hydrogen-bond donors (Lipinski definition) is 3. The predicted octanol–water partition coefficient (Wildman–Crippen LogP) is 2.60. The van der Waals surface area contributed by atoms with Gasteiger partial charge in [-0.25, -0.2) is 9.69 Å². The summed E-state index contributed by atoms with van der Waals surface area (Å²) in [5, 5.41) is 13.9. The molecule has 1 aliphatic heterocycles. The van der Waals surface area contributed by atoms with E-state index in [4.69, 9.17) is 14.6 Å². The van der Waals surface area contributed by atoms with Crippen LogP contribution in [0.15, 0.2) is 42.1 Å². The lowest BCUT2D eigenvalue weighted by Crippen LogP contribution is -2.35.